The van der Waals surface area contributed by atoms with Gasteiger partial charge in [0, 0.05) is 6.92 Å². The molecule has 1 amide bonds. The molecule has 7 nitrogen and oxygen atoms in total. The fraction of sp³-hybridized carbons (Fsp3) is 0.308. The van der Waals surface area contributed by atoms with Gasteiger partial charge < -0.3 is 5.32 Å². The Morgan fingerprint density at radius 2 is 1.73 bits per heavy atom. The van der Waals surface area contributed by atoms with Crippen LogP contribution in [0.15, 0.2) is 16.5 Å². The van der Waals surface area contributed by atoms with Crippen molar-refractivity contribution in [2.75, 3.05) is 10.0 Å². The molecule has 22 heavy (non-hydrogen) atoms. The minimum Gasteiger partial charge on any atom is -0.301 e. The van der Waals surface area contributed by atoms with E-state index in [0.29, 0.717) is 5.69 Å². The third-order valence-corrected chi connectivity index (χ3v) is 5.58. The van der Waals surface area contributed by atoms with Gasteiger partial charge in [-0.1, -0.05) is 17.4 Å². The number of aromatic nitrogens is 2. The van der Waals surface area contributed by atoms with Crippen LogP contribution in [0.5, 0.6) is 0 Å². The normalized spacial score (nSPS) is 11.3. The molecule has 2 N–H and O–H groups in total. The lowest BCUT2D eigenvalue weighted by Gasteiger charge is -2.11. The van der Waals surface area contributed by atoms with Gasteiger partial charge in [-0.25, -0.2) is 0 Å². The highest BCUT2D eigenvalue weighted by molar-refractivity contribution is 7.94. The van der Waals surface area contributed by atoms with Crippen LogP contribution in [0, 0.1) is 20.8 Å². The van der Waals surface area contributed by atoms with Gasteiger partial charge in [-0.05, 0) is 43.5 Å². The van der Waals surface area contributed by atoms with E-state index in [0.717, 1.165) is 28.0 Å². The van der Waals surface area contributed by atoms with Crippen molar-refractivity contribution in [3.05, 3.63) is 28.8 Å². The Kier molecular flexibility index (Phi) is 4.47. The summed E-state index contributed by atoms with van der Waals surface area (Å²) in [5.41, 5.74) is 3.39. The molecule has 2 aromatic rings. The van der Waals surface area contributed by atoms with Crippen molar-refractivity contribution < 1.29 is 13.2 Å². The maximum absolute atomic E-state index is 12.3. The van der Waals surface area contributed by atoms with E-state index in [2.05, 4.69) is 20.2 Å². The summed E-state index contributed by atoms with van der Waals surface area (Å²) < 4.78 is 27.0. The first kappa shape index (κ1) is 16.4. The number of carbonyl (C=O) groups excluding carboxylic acids is 1. The van der Waals surface area contributed by atoms with Crippen molar-refractivity contribution in [1.29, 1.82) is 0 Å². The van der Waals surface area contributed by atoms with Crippen molar-refractivity contribution in [2.24, 2.45) is 0 Å². The summed E-state index contributed by atoms with van der Waals surface area (Å²) in [7, 11) is -3.84. The average molecular weight is 340 g/mol. The van der Waals surface area contributed by atoms with E-state index in [9.17, 15) is 13.2 Å². The average Bonchev–Trinajstić information content (AvgIpc) is 2.84. The maximum atomic E-state index is 12.3. The molecule has 0 aliphatic rings. The van der Waals surface area contributed by atoms with E-state index in [1.165, 1.54) is 6.92 Å². The fourth-order valence-electron chi connectivity index (χ4n) is 1.78. The molecular weight excluding hydrogens is 324 g/mol. The van der Waals surface area contributed by atoms with Gasteiger partial charge in [0.15, 0.2) is 0 Å². The van der Waals surface area contributed by atoms with Crippen molar-refractivity contribution in [1.82, 2.24) is 10.2 Å². The quantitative estimate of drug-likeness (QED) is 0.831. The monoisotopic (exact) mass is 340 g/mol. The van der Waals surface area contributed by atoms with Crippen LogP contribution < -0.4 is 10.0 Å². The molecule has 0 aliphatic carbocycles. The second-order valence-corrected chi connectivity index (χ2v) is 7.74. The van der Waals surface area contributed by atoms with Crippen molar-refractivity contribution in [2.45, 2.75) is 32.0 Å². The largest absolute Gasteiger partial charge is 0.301 e. The van der Waals surface area contributed by atoms with Gasteiger partial charge in [-0.15, -0.1) is 10.2 Å². The summed E-state index contributed by atoms with van der Waals surface area (Å²) in [5.74, 6) is -0.335. The Labute approximate surface area is 132 Å². The third kappa shape index (κ3) is 3.60. The number of anilines is 2. The molecule has 0 unspecified atom stereocenters. The summed E-state index contributed by atoms with van der Waals surface area (Å²) in [6.45, 7) is 7.01. The number of hydrogen-bond acceptors (Lipinski definition) is 6. The summed E-state index contributed by atoms with van der Waals surface area (Å²) in [6.07, 6.45) is 0. The number of carbonyl (C=O) groups is 1. The number of nitrogens with one attached hydrogen (secondary N) is 2. The van der Waals surface area contributed by atoms with Crippen molar-refractivity contribution >= 4 is 38.1 Å². The van der Waals surface area contributed by atoms with Gasteiger partial charge in [-0.3, -0.25) is 9.52 Å². The first-order valence-corrected chi connectivity index (χ1v) is 8.71. The topological polar surface area (TPSA) is 101 Å². The van der Waals surface area contributed by atoms with Crippen LogP contribution in [0.3, 0.4) is 0 Å². The molecule has 9 heteroatoms. The second kappa shape index (κ2) is 6.01. The van der Waals surface area contributed by atoms with E-state index in [4.69, 9.17) is 0 Å². The number of sulfonamides is 1. The zero-order valence-corrected chi connectivity index (χ0v) is 14.2. The van der Waals surface area contributed by atoms with Crippen LogP contribution in [-0.2, 0) is 14.8 Å². The molecule has 1 aromatic carbocycles. The maximum Gasteiger partial charge on any atom is 0.291 e. The molecule has 1 heterocycles. The Morgan fingerprint density at radius 3 is 2.36 bits per heavy atom. The highest BCUT2D eigenvalue weighted by Crippen LogP contribution is 2.25. The van der Waals surface area contributed by atoms with Gasteiger partial charge in [0.1, 0.15) is 0 Å². The number of hydrogen-bond donors (Lipinski definition) is 2. The molecule has 0 saturated heterocycles. The molecule has 0 spiro atoms. The fourth-order valence-corrected chi connectivity index (χ4v) is 3.85. The Bertz CT molecular complexity index is 828. The molecule has 118 valence electrons. The van der Waals surface area contributed by atoms with Crippen LogP contribution >= 0.6 is 11.3 Å². The van der Waals surface area contributed by atoms with E-state index in [1.807, 2.05) is 26.8 Å². The van der Waals surface area contributed by atoms with Gasteiger partial charge in [0.05, 0.1) is 5.69 Å². The van der Waals surface area contributed by atoms with Gasteiger partial charge >= 0.3 is 0 Å². The number of amides is 1. The van der Waals surface area contributed by atoms with Crippen LogP contribution in [0.1, 0.15) is 23.6 Å². The molecule has 0 bridgehead atoms. The molecule has 0 aliphatic heterocycles. The van der Waals surface area contributed by atoms with Crippen LogP contribution in [0.2, 0.25) is 0 Å². The molecule has 0 saturated carbocycles. The lowest BCUT2D eigenvalue weighted by Crippen LogP contribution is -2.14. The van der Waals surface area contributed by atoms with Crippen LogP contribution in [0.25, 0.3) is 0 Å². The standard InChI is InChI=1S/C13H16N4O3S2/c1-7-5-9(3)11(6-8(7)2)17-22(19,20)13-16-15-12(21-13)14-10(4)18/h5-6,17H,1-4H3,(H,14,15,18). The lowest BCUT2D eigenvalue weighted by molar-refractivity contribution is -0.114. The van der Waals surface area contributed by atoms with E-state index >= 15 is 0 Å². The molecule has 0 atom stereocenters. The second-order valence-electron chi connectivity index (χ2n) is 4.91. The van der Waals surface area contributed by atoms with Crippen molar-refractivity contribution in [3.8, 4) is 0 Å². The Morgan fingerprint density at radius 1 is 1.09 bits per heavy atom. The lowest BCUT2D eigenvalue weighted by atomic mass is 10.1. The summed E-state index contributed by atoms with van der Waals surface area (Å²) in [4.78, 5) is 10.9. The zero-order valence-electron chi connectivity index (χ0n) is 12.6. The summed E-state index contributed by atoms with van der Waals surface area (Å²) in [5, 5.41) is 9.79. The molecule has 2 rings (SSSR count). The number of nitrogens with zero attached hydrogens (tertiary/aromatic N) is 2. The van der Waals surface area contributed by atoms with E-state index in [1.54, 1.807) is 6.07 Å². The Balaban J connectivity index is 2.30. The van der Waals surface area contributed by atoms with Crippen molar-refractivity contribution in [3.63, 3.8) is 0 Å². The molecular formula is C13H16N4O3S2. The van der Waals surface area contributed by atoms with Gasteiger partial charge in [0.25, 0.3) is 14.4 Å². The van der Waals surface area contributed by atoms with Gasteiger partial charge in [-0.2, -0.15) is 8.42 Å². The highest BCUT2D eigenvalue weighted by atomic mass is 32.2. The van der Waals surface area contributed by atoms with Crippen LogP contribution in [0.4, 0.5) is 10.8 Å². The first-order chi connectivity index (χ1) is 10.2. The predicted octanol–water partition coefficient (Wildman–Crippen LogP) is 2.22. The number of aryl methyl sites for hydroxylation is 3. The molecule has 0 fully saturated rings. The van der Waals surface area contributed by atoms with E-state index < -0.39 is 10.0 Å². The van der Waals surface area contributed by atoms with Crippen LogP contribution in [-0.4, -0.2) is 24.5 Å². The molecule has 1 aromatic heterocycles. The SMILES string of the molecule is CC(=O)Nc1nnc(S(=O)(=O)Nc2cc(C)c(C)cc2C)s1. The summed E-state index contributed by atoms with van der Waals surface area (Å²) >= 11 is 0.796. The summed E-state index contributed by atoms with van der Waals surface area (Å²) in [6, 6.07) is 3.69. The minimum absolute atomic E-state index is 0.143. The third-order valence-electron chi connectivity index (χ3n) is 3.00. The number of rotatable bonds is 4. The highest BCUT2D eigenvalue weighted by Gasteiger charge is 2.21. The Hall–Kier alpha value is -2.00. The smallest absolute Gasteiger partial charge is 0.291 e. The molecule has 0 radical (unpaired) electrons. The van der Waals surface area contributed by atoms with Gasteiger partial charge in [0.2, 0.25) is 11.0 Å². The predicted molar refractivity (Wildman–Crippen MR) is 85.7 cm³/mol. The zero-order chi connectivity index (χ0) is 16.5. The van der Waals surface area contributed by atoms with E-state index in [-0.39, 0.29) is 15.4 Å². The first-order valence-electron chi connectivity index (χ1n) is 6.41. The number of benzene rings is 1. The minimum atomic E-state index is -3.84.